The average molecular weight is 771 g/mol. The van der Waals surface area contributed by atoms with E-state index in [0.29, 0.717) is 0 Å². The largest absolute Gasteiger partial charge is 0.455 e. The first-order valence-electron chi connectivity index (χ1n) is 21.1. The summed E-state index contributed by atoms with van der Waals surface area (Å²) < 4.78 is 9.52. The van der Waals surface area contributed by atoms with E-state index in [1.54, 1.807) is 0 Å². The molecule has 0 aliphatic heterocycles. The molecule has 3 nitrogen and oxygen atoms in total. The first-order valence-corrected chi connectivity index (χ1v) is 21.1. The Morgan fingerprint density at radius 3 is 1.87 bits per heavy atom. The van der Waals surface area contributed by atoms with E-state index in [0.717, 1.165) is 52.4 Å². The Kier molecular flexibility index (Phi) is 7.71. The monoisotopic (exact) mass is 770 g/mol. The number of benzene rings is 8. The van der Waals surface area contributed by atoms with Crippen LogP contribution in [0.1, 0.15) is 36.2 Å². The number of hydrogen-bond acceptors (Lipinski definition) is 2. The summed E-state index contributed by atoms with van der Waals surface area (Å²) in [7, 11) is 0. The summed E-state index contributed by atoms with van der Waals surface area (Å²) in [5.41, 5.74) is 20.5. The molecule has 10 aromatic rings. The van der Waals surface area contributed by atoms with Crippen LogP contribution in [0.3, 0.4) is 0 Å². The van der Waals surface area contributed by atoms with E-state index in [1.165, 1.54) is 72.2 Å². The highest BCUT2D eigenvalue weighted by Crippen LogP contribution is 2.51. The third-order valence-electron chi connectivity index (χ3n) is 13.1. The van der Waals surface area contributed by atoms with Gasteiger partial charge in [-0.05, 0) is 106 Å². The second-order valence-corrected chi connectivity index (χ2v) is 16.8. The molecule has 0 N–H and O–H groups in total. The van der Waals surface area contributed by atoms with Crippen LogP contribution < -0.4 is 4.90 Å². The quantitative estimate of drug-likeness (QED) is 0.168. The minimum atomic E-state index is -0.104. The maximum absolute atomic E-state index is 7.09. The zero-order chi connectivity index (χ0) is 40.0. The lowest BCUT2D eigenvalue weighted by molar-refractivity contribution is 0.621. The van der Waals surface area contributed by atoms with Crippen molar-refractivity contribution in [2.45, 2.75) is 32.1 Å². The van der Waals surface area contributed by atoms with Crippen LogP contribution in [-0.4, -0.2) is 4.57 Å². The van der Waals surface area contributed by atoms with Crippen molar-refractivity contribution in [2.24, 2.45) is 0 Å². The Morgan fingerprint density at radius 1 is 0.483 bits per heavy atom. The van der Waals surface area contributed by atoms with E-state index in [1.807, 2.05) is 0 Å². The van der Waals surface area contributed by atoms with Gasteiger partial charge < -0.3 is 13.9 Å². The van der Waals surface area contributed by atoms with Gasteiger partial charge in [-0.2, -0.15) is 0 Å². The van der Waals surface area contributed by atoms with Gasteiger partial charge in [0.1, 0.15) is 11.3 Å². The second kappa shape index (κ2) is 13.3. The van der Waals surface area contributed by atoms with Gasteiger partial charge in [0.15, 0.2) is 0 Å². The van der Waals surface area contributed by atoms with Gasteiger partial charge in [-0.1, -0.05) is 153 Å². The van der Waals surface area contributed by atoms with Crippen LogP contribution in [0.4, 0.5) is 17.1 Å². The van der Waals surface area contributed by atoms with Gasteiger partial charge in [-0.15, -0.1) is 0 Å². The minimum Gasteiger partial charge on any atom is -0.455 e. The number of rotatable bonds is 6. The summed E-state index contributed by atoms with van der Waals surface area (Å²) in [4.78, 5) is 2.40. The van der Waals surface area contributed by atoms with Crippen LogP contribution in [0.15, 0.2) is 199 Å². The lowest BCUT2D eigenvalue weighted by Crippen LogP contribution is -2.16. The van der Waals surface area contributed by atoms with Crippen molar-refractivity contribution in [1.29, 1.82) is 0 Å². The van der Waals surface area contributed by atoms with Crippen LogP contribution in [0.25, 0.3) is 72.3 Å². The number of anilines is 3. The predicted molar refractivity (Wildman–Crippen MR) is 249 cm³/mol. The van der Waals surface area contributed by atoms with Gasteiger partial charge in [0.05, 0.1) is 5.52 Å². The van der Waals surface area contributed by atoms with Crippen molar-refractivity contribution in [3.63, 3.8) is 0 Å². The minimum absolute atomic E-state index is 0.104. The topological polar surface area (TPSA) is 21.3 Å². The van der Waals surface area contributed by atoms with E-state index in [2.05, 4.69) is 217 Å². The molecule has 2 aliphatic carbocycles. The zero-order valence-corrected chi connectivity index (χ0v) is 33.7. The predicted octanol–water partition coefficient (Wildman–Crippen LogP) is 15.3. The Balaban J connectivity index is 0.966. The number of para-hydroxylation sites is 3. The number of aryl methyl sites for hydroxylation is 1. The Bertz CT molecular complexity index is 3260. The highest BCUT2D eigenvalue weighted by atomic mass is 16.3. The average Bonchev–Trinajstić information content (AvgIpc) is 3.93. The molecule has 2 heterocycles. The fourth-order valence-corrected chi connectivity index (χ4v) is 10.2. The van der Waals surface area contributed by atoms with E-state index < -0.39 is 0 Å². The standard InChI is InChI=1S/C57H42N2O/c1-57(2)50-22-11-9-18-45(50)46-33-32-43(36-51(46)57)58(41-28-24-38(25-29-41)37-14-5-3-6-15-37)42-30-26-39(27-31-42)44-20-13-21-47-48-34-35-53-54(56(48)60-55(44)47)49-19-10-12-23-52(49)59(53)40-16-7-4-8-17-40/h3-33,36H,34-35H2,1-2H3. The van der Waals surface area contributed by atoms with Crippen LogP contribution in [-0.2, 0) is 18.3 Å². The van der Waals surface area contributed by atoms with Crippen molar-refractivity contribution < 1.29 is 4.42 Å². The molecule has 0 fully saturated rings. The molecule has 0 bridgehead atoms. The van der Waals surface area contributed by atoms with E-state index >= 15 is 0 Å². The number of hydrogen-bond donors (Lipinski definition) is 0. The smallest absolute Gasteiger partial charge is 0.142 e. The maximum Gasteiger partial charge on any atom is 0.142 e. The highest BCUT2D eigenvalue weighted by Gasteiger charge is 2.36. The first kappa shape index (κ1) is 34.7. The Morgan fingerprint density at radius 2 is 1.08 bits per heavy atom. The van der Waals surface area contributed by atoms with Crippen LogP contribution >= 0.6 is 0 Å². The van der Waals surface area contributed by atoms with E-state index in [4.69, 9.17) is 4.42 Å². The van der Waals surface area contributed by atoms with E-state index in [9.17, 15) is 0 Å². The second-order valence-electron chi connectivity index (χ2n) is 16.8. The molecule has 3 heteroatoms. The van der Waals surface area contributed by atoms with Crippen molar-refractivity contribution in [1.82, 2.24) is 4.57 Å². The molecule has 0 amide bonds. The van der Waals surface area contributed by atoms with Crippen LogP contribution in [0, 0.1) is 0 Å². The summed E-state index contributed by atoms with van der Waals surface area (Å²) in [5, 5.41) is 2.44. The van der Waals surface area contributed by atoms with Gasteiger partial charge >= 0.3 is 0 Å². The number of furan rings is 1. The van der Waals surface area contributed by atoms with E-state index in [-0.39, 0.29) is 5.41 Å². The van der Waals surface area contributed by atoms with Crippen molar-refractivity contribution in [3.8, 4) is 50.4 Å². The molecule has 286 valence electrons. The van der Waals surface area contributed by atoms with Gasteiger partial charge in [0, 0.05) is 61.3 Å². The van der Waals surface area contributed by atoms with Crippen molar-refractivity contribution >= 4 is 38.9 Å². The molecule has 12 rings (SSSR count). The summed E-state index contributed by atoms with van der Waals surface area (Å²) in [6.07, 6.45) is 1.88. The Labute approximate surface area is 350 Å². The van der Waals surface area contributed by atoms with Crippen molar-refractivity contribution in [3.05, 3.63) is 217 Å². The molecule has 0 saturated carbocycles. The molecule has 0 radical (unpaired) electrons. The fraction of sp³-hybridized carbons (Fsp3) is 0.0877. The van der Waals surface area contributed by atoms with Gasteiger partial charge in [0.25, 0.3) is 0 Å². The zero-order valence-electron chi connectivity index (χ0n) is 33.7. The van der Waals surface area contributed by atoms with Crippen LogP contribution in [0.5, 0.6) is 0 Å². The number of aromatic nitrogens is 1. The number of fused-ring (bicyclic) bond motifs is 10. The lowest BCUT2D eigenvalue weighted by atomic mass is 9.82. The number of nitrogens with zero attached hydrogens (tertiary/aromatic N) is 2. The summed E-state index contributed by atoms with van der Waals surface area (Å²) in [5.74, 6) is 1.01. The summed E-state index contributed by atoms with van der Waals surface area (Å²) in [6, 6.07) is 70.6. The first-order chi connectivity index (χ1) is 29.5. The molecule has 0 atom stereocenters. The molecule has 2 aliphatic rings. The van der Waals surface area contributed by atoms with Gasteiger partial charge in [0.2, 0.25) is 0 Å². The summed E-state index contributed by atoms with van der Waals surface area (Å²) in [6.45, 7) is 4.70. The van der Waals surface area contributed by atoms with Crippen molar-refractivity contribution in [2.75, 3.05) is 4.90 Å². The molecular weight excluding hydrogens is 729 g/mol. The molecular formula is C57H42N2O. The van der Waals surface area contributed by atoms with Crippen LogP contribution in [0.2, 0.25) is 0 Å². The third-order valence-corrected chi connectivity index (χ3v) is 13.1. The molecule has 60 heavy (non-hydrogen) atoms. The highest BCUT2D eigenvalue weighted by molar-refractivity contribution is 6.05. The normalized spacial score (nSPS) is 13.5. The lowest BCUT2D eigenvalue weighted by Gasteiger charge is -2.28. The molecule has 0 saturated heterocycles. The summed E-state index contributed by atoms with van der Waals surface area (Å²) >= 11 is 0. The molecule has 0 unspecified atom stereocenters. The van der Waals surface area contributed by atoms with Gasteiger partial charge in [-0.25, -0.2) is 0 Å². The molecule has 2 aromatic heterocycles. The van der Waals surface area contributed by atoms with Gasteiger partial charge in [-0.3, -0.25) is 0 Å². The maximum atomic E-state index is 7.09. The fourth-order valence-electron chi connectivity index (χ4n) is 10.2. The third kappa shape index (κ3) is 5.22. The molecule has 0 spiro atoms. The molecule has 8 aromatic carbocycles. The SMILES string of the molecule is CC1(C)c2ccccc2-c2ccc(N(c3ccc(-c4ccccc4)cc3)c3ccc(-c4cccc5c6c(oc45)-c4c(n(-c5ccccc5)c5ccccc45)CC6)cc3)cc21. The Hall–Kier alpha value is -7.36.